The van der Waals surface area contributed by atoms with Gasteiger partial charge in [0.1, 0.15) is 17.7 Å². The fourth-order valence-corrected chi connectivity index (χ4v) is 1.35. The molecule has 1 aromatic carbocycles. The molecule has 0 saturated carbocycles. The Morgan fingerprint density at radius 3 is 2.33 bits per heavy atom. The van der Waals surface area contributed by atoms with Gasteiger partial charge in [0.2, 0.25) is 6.41 Å². The number of ketones is 1. The quantitative estimate of drug-likeness (QED) is 0.581. The summed E-state index contributed by atoms with van der Waals surface area (Å²) in [5, 5.41) is 10.6. The number of halogens is 2. The Kier molecular flexibility index (Phi) is 4.47. The molecular weight excluding hydrogens is 248 g/mol. The maximum Gasteiger partial charge on any atom is 0.326 e. The van der Waals surface area contributed by atoms with Crippen molar-refractivity contribution < 1.29 is 28.3 Å². The number of carboxylic acids is 1. The minimum absolute atomic E-state index is 0.101. The highest BCUT2D eigenvalue weighted by Gasteiger charge is 2.24. The number of nitrogens with one attached hydrogen (secondary N) is 1. The van der Waals surface area contributed by atoms with Crippen LogP contribution in [0.2, 0.25) is 0 Å². The first-order valence-corrected chi connectivity index (χ1v) is 4.87. The van der Waals surface area contributed by atoms with Crippen LogP contribution in [-0.2, 0) is 9.59 Å². The molecule has 18 heavy (non-hydrogen) atoms. The number of aliphatic carboxylic acids is 1. The van der Waals surface area contributed by atoms with Crippen LogP contribution >= 0.6 is 0 Å². The lowest BCUT2D eigenvalue weighted by Crippen LogP contribution is -2.37. The largest absolute Gasteiger partial charge is 0.480 e. The second-order valence-corrected chi connectivity index (χ2v) is 3.40. The lowest BCUT2D eigenvalue weighted by Gasteiger charge is -2.10. The zero-order chi connectivity index (χ0) is 13.7. The van der Waals surface area contributed by atoms with E-state index >= 15 is 0 Å². The maximum absolute atomic E-state index is 13.2. The van der Waals surface area contributed by atoms with Crippen LogP contribution in [0.5, 0.6) is 0 Å². The van der Waals surface area contributed by atoms with Crippen molar-refractivity contribution >= 4 is 18.2 Å². The van der Waals surface area contributed by atoms with Crippen LogP contribution in [-0.4, -0.2) is 29.3 Å². The average molecular weight is 257 g/mol. The van der Waals surface area contributed by atoms with Crippen molar-refractivity contribution in [2.75, 3.05) is 0 Å². The van der Waals surface area contributed by atoms with Crippen LogP contribution in [0.15, 0.2) is 18.2 Å². The number of carbonyl (C=O) groups is 3. The lowest BCUT2D eigenvalue weighted by atomic mass is 10.0. The zero-order valence-electron chi connectivity index (χ0n) is 9.02. The van der Waals surface area contributed by atoms with Gasteiger partial charge in [-0.3, -0.25) is 9.59 Å². The molecule has 0 spiro atoms. The second-order valence-electron chi connectivity index (χ2n) is 3.40. The first kappa shape index (κ1) is 13.8. The molecule has 0 fully saturated rings. The van der Waals surface area contributed by atoms with Crippen molar-refractivity contribution in [2.45, 2.75) is 12.5 Å². The van der Waals surface area contributed by atoms with Gasteiger partial charge in [0.15, 0.2) is 5.78 Å². The third-order valence-electron chi connectivity index (χ3n) is 2.20. The van der Waals surface area contributed by atoms with E-state index in [0.29, 0.717) is 0 Å². The number of benzene rings is 1. The number of rotatable bonds is 6. The van der Waals surface area contributed by atoms with Gasteiger partial charge in [-0.15, -0.1) is 0 Å². The monoisotopic (exact) mass is 257 g/mol. The van der Waals surface area contributed by atoms with Gasteiger partial charge in [0, 0.05) is 6.42 Å². The van der Waals surface area contributed by atoms with Crippen molar-refractivity contribution in [1.82, 2.24) is 5.32 Å². The summed E-state index contributed by atoms with van der Waals surface area (Å²) in [4.78, 5) is 32.4. The SMILES string of the molecule is O=CNC(CC(=O)c1c(F)cccc1F)C(=O)O. The topological polar surface area (TPSA) is 83.5 Å². The first-order valence-electron chi connectivity index (χ1n) is 4.87. The van der Waals surface area contributed by atoms with Gasteiger partial charge in [-0.1, -0.05) is 6.07 Å². The molecular formula is C11H9F2NO4. The van der Waals surface area contributed by atoms with Gasteiger partial charge in [-0.25, -0.2) is 13.6 Å². The van der Waals surface area contributed by atoms with Crippen molar-refractivity contribution in [3.05, 3.63) is 35.4 Å². The predicted octanol–water partition coefficient (Wildman–Crippen LogP) is 0.737. The van der Waals surface area contributed by atoms with E-state index in [0.717, 1.165) is 18.2 Å². The summed E-state index contributed by atoms with van der Waals surface area (Å²) in [7, 11) is 0. The van der Waals surface area contributed by atoms with E-state index in [1.54, 1.807) is 0 Å². The van der Waals surface area contributed by atoms with Crippen LogP contribution in [0.25, 0.3) is 0 Å². The maximum atomic E-state index is 13.2. The standard InChI is InChI=1S/C11H9F2NO4/c12-6-2-1-3-7(13)10(6)9(16)4-8(11(17)18)14-5-15/h1-3,5,8H,4H2,(H,14,15)(H,17,18). The molecule has 1 atom stereocenters. The molecule has 1 rings (SSSR count). The molecule has 1 aromatic rings. The number of hydrogen-bond donors (Lipinski definition) is 2. The molecule has 5 nitrogen and oxygen atoms in total. The summed E-state index contributed by atoms with van der Waals surface area (Å²) in [5.41, 5.74) is -0.809. The molecule has 0 saturated heterocycles. The minimum Gasteiger partial charge on any atom is -0.480 e. The van der Waals surface area contributed by atoms with Crippen molar-refractivity contribution in [2.24, 2.45) is 0 Å². The Bertz CT molecular complexity index is 470. The third kappa shape index (κ3) is 3.09. The number of hydrogen-bond acceptors (Lipinski definition) is 3. The summed E-state index contributed by atoms with van der Waals surface area (Å²) in [5.74, 6) is -4.65. The summed E-state index contributed by atoms with van der Waals surface area (Å²) in [6, 6.07) is 1.34. The van der Waals surface area contributed by atoms with Crippen LogP contribution < -0.4 is 5.32 Å². The zero-order valence-corrected chi connectivity index (χ0v) is 9.02. The molecule has 0 aliphatic heterocycles. The number of carbonyl (C=O) groups excluding carboxylic acids is 2. The minimum atomic E-state index is -1.52. The van der Waals surface area contributed by atoms with E-state index in [9.17, 15) is 23.2 Å². The summed E-state index contributed by atoms with van der Waals surface area (Å²) in [6.45, 7) is 0. The molecule has 2 N–H and O–H groups in total. The molecule has 0 bridgehead atoms. The normalized spacial score (nSPS) is 11.7. The van der Waals surface area contributed by atoms with Gasteiger partial charge in [-0.2, -0.15) is 0 Å². The fourth-order valence-electron chi connectivity index (χ4n) is 1.35. The van der Waals surface area contributed by atoms with Gasteiger partial charge >= 0.3 is 5.97 Å². The summed E-state index contributed by atoms with van der Waals surface area (Å²) >= 11 is 0. The van der Waals surface area contributed by atoms with Crippen LogP contribution in [0, 0.1) is 11.6 Å². The number of carboxylic acid groups (broad SMARTS) is 1. The molecule has 0 radical (unpaired) electrons. The molecule has 7 heteroatoms. The van der Waals surface area contributed by atoms with Gasteiger partial charge in [0.25, 0.3) is 0 Å². The van der Waals surface area contributed by atoms with E-state index < -0.39 is 41.4 Å². The van der Waals surface area contributed by atoms with Crippen LogP contribution in [0.4, 0.5) is 8.78 Å². The van der Waals surface area contributed by atoms with E-state index in [1.165, 1.54) is 0 Å². The Balaban J connectivity index is 2.94. The molecule has 0 heterocycles. The van der Waals surface area contributed by atoms with Crippen molar-refractivity contribution in [3.63, 3.8) is 0 Å². The summed E-state index contributed by atoms with van der Waals surface area (Å²) in [6.07, 6.45) is -0.629. The van der Waals surface area contributed by atoms with Crippen LogP contribution in [0.1, 0.15) is 16.8 Å². The smallest absolute Gasteiger partial charge is 0.326 e. The highest BCUT2D eigenvalue weighted by Crippen LogP contribution is 2.15. The average Bonchev–Trinajstić information content (AvgIpc) is 2.28. The molecule has 96 valence electrons. The third-order valence-corrected chi connectivity index (χ3v) is 2.20. The number of Topliss-reactive ketones (excluding diaryl/α,β-unsaturated/α-hetero) is 1. The van der Waals surface area contributed by atoms with Gasteiger partial charge in [0.05, 0.1) is 5.56 Å². The Labute approximate surface area is 100 Å². The molecule has 0 aliphatic carbocycles. The highest BCUT2D eigenvalue weighted by atomic mass is 19.1. The van der Waals surface area contributed by atoms with E-state index in [-0.39, 0.29) is 6.41 Å². The number of amides is 1. The van der Waals surface area contributed by atoms with Gasteiger partial charge < -0.3 is 10.4 Å². The Hall–Kier alpha value is -2.31. The molecule has 0 aromatic heterocycles. The lowest BCUT2D eigenvalue weighted by molar-refractivity contribution is -0.140. The van der Waals surface area contributed by atoms with E-state index in [2.05, 4.69) is 0 Å². The predicted molar refractivity (Wildman–Crippen MR) is 55.9 cm³/mol. The Morgan fingerprint density at radius 2 is 1.89 bits per heavy atom. The second kappa shape index (κ2) is 5.85. The molecule has 1 unspecified atom stereocenters. The Morgan fingerprint density at radius 1 is 1.33 bits per heavy atom. The van der Waals surface area contributed by atoms with Gasteiger partial charge in [-0.05, 0) is 12.1 Å². The molecule has 0 aliphatic rings. The summed E-state index contributed by atoms with van der Waals surface area (Å²) < 4.78 is 26.5. The van der Waals surface area contributed by atoms with Crippen molar-refractivity contribution in [1.29, 1.82) is 0 Å². The first-order chi connectivity index (χ1) is 8.47. The van der Waals surface area contributed by atoms with E-state index in [4.69, 9.17) is 5.11 Å². The molecule has 1 amide bonds. The van der Waals surface area contributed by atoms with E-state index in [1.807, 2.05) is 5.32 Å². The van der Waals surface area contributed by atoms with Crippen LogP contribution in [0.3, 0.4) is 0 Å². The fraction of sp³-hybridized carbons (Fsp3) is 0.182. The van der Waals surface area contributed by atoms with Crippen molar-refractivity contribution in [3.8, 4) is 0 Å². The highest BCUT2D eigenvalue weighted by molar-refractivity contribution is 5.99.